The molecule has 1 heterocycles. The summed E-state index contributed by atoms with van der Waals surface area (Å²) in [5.41, 5.74) is 3.91. The predicted molar refractivity (Wildman–Crippen MR) is 91.7 cm³/mol. The number of anilines is 2. The summed E-state index contributed by atoms with van der Waals surface area (Å²) < 4.78 is 0. The zero-order valence-corrected chi connectivity index (χ0v) is 13.6. The maximum atomic E-state index is 12.1. The van der Waals surface area contributed by atoms with E-state index >= 15 is 0 Å². The van der Waals surface area contributed by atoms with Gasteiger partial charge in [-0.1, -0.05) is 13.0 Å². The number of carbonyl (C=O) groups excluding carboxylic acids is 1. The molecule has 0 fully saturated rings. The summed E-state index contributed by atoms with van der Waals surface area (Å²) in [6.07, 6.45) is 1.83. The van der Waals surface area contributed by atoms with E-state index in [2.05, 4.69) is 26.1 Å². The van der Waals surface area contributed by atoms with Crippen LogP contribution in [0.1, 0.15) is 23.7 Å². The second kappa shape index (κ2) is 8.32. The van der Waals surface area contributed by atoms with E-state index in [9.17, 15) is 25.0 Å². The molecule has 2 aromatic rings. The zero-order valence-electron chi connectivity index (χ0n) is 13.6. The highest BCUT2D eigenvalue weighted by molar-refractivity contribution is 5.95. The quantitative estimate of drug-likeness (QED) is 0.470. The number of rotatable bonds is 8. The minimum absolute atomic E-state index is 0.00717. The number of aromatic nitrogens is 2. The number of carbonyl (C=O) groups is 1. The van der Waals surface area contributed by atoms with E-state index < -0.39 is 21.4 Å². The lowest BCUT2D eigenvalue weighted by Crippen LogP contribution is -2.30. The lowest BCUT2D eigenvalue weighted by atomic mass is 10.2. The van der Waals surface area contributed by atoms with E-state index in [-0.39, 0.29) is 22.9 Å². The van der Waals surface area contributed by atoms with E-state index in [1.54, 1.807) is 0 Å². The number of hydrazine groups is 1. The van der Waals surface area contributed by atoms with Gasteiger partial charge in [0, 0.05) is 24.2 Å². The monoisotopic (exact) mass is 361 g/mol. The standard InChI is InChI=1S/C14H15N7O5/c1-2-6-15-12-11(21(25)26)13(17-8-16-12)18-19-14(22)9-4-3-5-10(7-9)20(23)24/h3-5,7-8H,2,6H2,1H3,(H,19,22)(H2,15,16,17,18). The average molecular weight is 361 g/mol. The maximum Gasteiger partial charge on any atom is 0.354 e. The van der Waals surface area contributed by atoms with Crippen LogP contribution in [0.4, 0.5) is 23.0 Å². The van der Waals surface area contributed by atoms with Crippen LogP contribution < -0.4 is 16.2 Å². The van der Waals surface area contributed by atoms with Gasteiger partial charge in [-0.15, -0.1) is 0 Å². The number of non-ortho nitro benzene ring substituents is 1. The SMILES string of the molecule is CCCNc1ncnc(NNC(=O)c2cccc([N+](=O)[O-])c2)c1[N+](=O)[O-]. The summed E-state index contributed by atoms with van der Waals surface area (Å²) in [6.45, 7) is 2.36. The smallest absolute Gasteiger partial charge is 0.354 e. The van der Waals surface area contributed by atoms with Crippen molar-refractivity contribution in [2.24, 2.45) is 0 Å². The maximum absolute atomic E-state index is 12.1. The molecule has 0 aliphatic rings. The molecule has 1 aromatic carbocycles. The Kier molecular flexibility index (Phi) is 5.92. The number of nitrogens with one attached hydrogen (secondary N) is 3. The van der Waals surface area contributed by atoms with Crippen LogP contribution >= 0.6 is 0 Å². The second-order valence-electron chi connectivity index (χ2n) is 4.99. The number of nitro benzene ring substituents is 1. The molecule has 0 saturated heterocycles. The van der Waals surface area contributed by atoms with Crippen molar-refractivity contribution in [1.82, 2.24) is 15.4 Å². The average Bonchev–Trinajstić information content (AvgIpc) is 2.64. The topological polar surface area (TPSA) is 165 Å². The van der Waals surface area contributed by atoms with Gasteiger partial charge in [0.1, 0.15) is 6.33 Å². The third kappa shape index (κ3) is 4.37. The lowest BCUT2D eigenvalue weighted by Gasteiger charge is -2.10. The molecule has 2 rings (SSSR count). The first kappa shape index (κ1) is 18.5. The molecule has 0 radical (unpaired) electrons. The molecule has 12 nitrogen and oxygen atoms in total. The minimum atomic E-state index is -0.718. The number of nitrogens with zero attached hydrogens (tertiary/aromatic N) is 4. The minimum Gasteiger partial charge on any atom is -0.364 e. The molecule has 26 heavy (non-hydrogen) atoms. The summed E-state index contributed by atoms with van der Waals surface area (Å²) in [5.74, 6) is -0.925. The molecule has 12 heteroatoms. The van der Waals surface area contributed by atoms with Crippen molar-refractivity contribution in [3.8, 4) is 0 Å². The van der Waals surface area contributed by atoms with Crippen molar-refractivity contribution in [1.29, 1.82) is 0 Å². The highest BCUT2D eigenvalue weighted by Crippen LogP contribution is 2.28. The van der Waals surface area contributed by atoms with Crippen LogP contribution in [0.15, 0.2) is 30.6 Å². The van der Waals surface area contributed by atoms with Gasteiger partial charge in [-0.2, -0.15) is 0 Å². The fourth-order valence-electron chi connectivity index (χ4n) is 1.96. The van der Waals surface area contributed by atoms with Gasteiger partial charge in [0.2, 0.25) is 11.6 Å². The molecule has 136 valence electrons. The van der Waals surface area contributed by atoms with Crippen molar-refractivity contribution < 1.29 is 14.6 Å². The van der Waals surface area contributed by atoms with Crippen molar-refractivity contribution >= 4 is 28.9 Å². The van der Waals surface area contributed by atoms with Gasteiger partial charge in [0.05, 0.1) is 9.85 Å². The number of nitro groups is 2. The summed E-state index contributed by atoms with van der Waals surface area (Å²) in [4.78, 5) is 40.4. The second-order valence-corrected chi connectivity index (χ2v) is 4.99. The molecule has 0 bridgehead atoms. The first-order valence-electron chi connectivity index (χ1n) is 7.48. The molecule has 3 N–H and O–H groups in total. The van der Waals surface area contributed by atoms with Crippen molar-refractivity contribution in [3.05, 3.63) is 56.4 Å². The summed E-state index contributed by atoms with van der Waals surface area (Å²) in [6, 6.07) is 5.05. The van der Waals surface area contributed by atoms with E-state index in [0.717, 1.165) is 18.8 Å². The predicted octanol–water partition coefficient (Wildman–Crippen LogP) is 1.87. The Labute approximate surface area is 146 Å². The van der Waals surface area contributed by atoms with Gasteiger partial charge in [-0.3, -0.25) is 35.9 Å². The molecule has 0 unspecified atom stereocenters. The van der Waals surface area contributed by atoms with Crippen LogP contribution in [0.3, 0.4) is 0 Å². The molecule has 1 amide bonds. The largest absolute Gasteiger partial charge is 0.364 e. The Morgan fingerprint density at radius 3 is 2.54 bits per heavy atom. The Morgan fingerprint density at radius 1 is 1.15 bits per heavy atom. The Morgan fingerprint density at radius 2 is 1.88 bits per heavy atom. The molecular formula is C14H15N7O5. The van der Waals surface area contributed by atoms with Gasteiger partial charge in [0.25, 0.3) is 11.6 Å². The Hall–Kier alpha value is -3.83. The van der Waals surface area contributed by atoms with E-state index in [4.69, 9.17) is 0 Å². The summed E-state index contributed by atoms with van der Waals surface area (Å²) >= 11 is 0. The molecule has 0 saturated carbocycles. The fourth-order valence-corrected chi connectivity index (χ4v) is 1.96. The van der Waals surface area contributed by atoms with Crippen LogP contribution in [0.25, 0.3) is 0 Å². The molecule has 1 aromatic heterocycles. The van der Waals surface area contributed by atoms with Gasteiger partial charge in [-0.05, 0) is 12.5 Å². The van der Waals surface area contributed by atoms with Crippen LogP contribution in [-0.4, -0.2) is 32.3 Å². The Bertz CT molecular complexity index is 842. The van der Waals surface area contributed by atoms with Crippen LogP contribution in [0.2, 0.25) is 0 Å². The van der Waals surface area contributed by atoms with Crippen LogP contribution in [0.5, 0.6) is 0 Å². The number of hydrogen-bond donors (Lipinski definition) is 3. The molecular weight excluding hydrogens is 346 g/mol. The van der Waals surface area contributed by atoms with Crippen molar-refractivity contribution in [3.63, 3.8) is 0 Å². The number of hydrogen-bond acceptors (Lipinski definition) is 9. The number of benzene rings is 1. The highest BCUT2D eigenvalue weighted by Gasteiger charge is 2.23. The van der Waals surface area contributed by atoms with Gasteiger partial charge in [0.15, 0.2) is 0 Å². The summed E-state index contributed by atoms with van der Waals surface area (Å²) in [5, 5.41) is 24.9. The molecule has 0 aliphatic heterocycles. The van der Waals surface area contributed by atoms with Crippen LogP contribution in [-0.2, 0) is 0 Å². The number of amides is 1. The van der Waals surface area contributed by atoms with E-state index in [1.807, 2.05) is 6.92 Å². The fraction of sp³-hybridized carbons (Fsp3) is 0.214. The normalized spacial score (nSPS) is 10.0. The molecule has 0 atom stereocenters. The van der Waals surface area contributed by atoms with Crippen LogP contribution in [0, 0.1) is 20.2 Å². The lowest BCUT2D eigenvalue weighted by molar-refractivity contribution is -0.384. The highest BCUT2D eigenvalue weighted by atomic mass is 16.6. The van der Waals surface area contributed by atoms with Gasteiger partial charge < -0.3 is 5.32 Å². The first-order chi connectivity index (χ1) is 12.4. The van der Waals surface area contributed by atoms with Crippen molar-refractivity contribution in [2.45, 2.75) is 13.3 Å². The first-order valence-corrected chi connectivity index (χ1v) is 7.48. The third-order valence-corrected chi connectivity index (χ3v) is 3.16. The third-order valence-electron chi connectivity index (χ3n) is 3.16. The van der Waals surface area contributed by atoms with Gasteiger partial charge >= 0.3 is 5.69 Å². The summed E-state index contributed by atoms with van der Waals surface area (Å²) in [7, 11) is 0. The van der Waals surface area contributed by atoms with E-state index in [1.165, 1.54) is 18.2 Å². The van der Waals surface area contributed by atoms with E-state index in [0.29, 0.717) is 6.54 Å². The zero-order chi connectivity index (χ0) is 19.1. The van der Waals surface area contributed by atoms with Crippen molar-refractivity contribution in [2.75, 3.05) is 17.3 Å². The molecule has 0 aliphatic carbocycles. The molecule has 0 spiro atoms. The Balaban J connectivity index is 2.18. The van der Waals surface area contributed by atoms with Gasteiger partial charge in [-0.25, -0.2) is 9.97 Å².